The van der Waals surface area contributed by atoms with Crippen LogP contribution in [0.5, 0.6) is 0 Å². The topological polar surface area (TPSA) is 34.5 Å². The Labute approximate surface area is 170 Å². The lowest BCUT2D eigenvalue weighted by atomic mass is 10.0. The smallest absolute Gasteiger partial charge is 0.307 e. The number of ether oxygens (including phenoxy) is 1. The number of benzene rings is 2. The predicted octanol–water partition coefficient (Wildman–Crippen LogP) is 4.32. The summed E-state index contributed by atoms with van der Waals surface area (Å²) in [5.41, 5.74) is 4.36. The molecule has 0 atom stereocenters. The van der Waals surface area contributed by atoms with Crippen molar-refractivity contribution >= 4 is 29.3 Å². The highest BCUT2D eigenvalue weighted by atomic mass is 35.5. The Morgan fingerprint density at radius 2 is 1.96 bits per heavy atom. The third-order valence-corrected chi connectivity index (χ3v) is 5.19. The van der Waals surface area contributed by atoms with Gasteiger partial charge in [0, 0.05) is 42.7 Å². The highest BCUT2D eigenvalue weighted by Gasteiger charge is 2.23. The summed E-state index contributed by atoms with van der Waals surface area (Å²) < 4.78 is 21.4. The van der Waals surface area contributed by atoms with E-state index in [1.54, 1.807) is 6.07 Å². The van der Waals surface area contributed by atoms with Crippen molar-refractivity contribution in [1.29, 1.82) is 0 Å². The maximum atomic E-state index is 13.8. The zero-order chi connectivity index (χ0) is 18.8. The molecule has 0 amide bonds. The van der Waals surface area contributed by atoms with Crippen molar-refractivity contribution in [2.24, 2.45) is 0 Å². The van der Waals surface area contributed by atoms with Gasteiger partial charge in [0.2, 0.25) is 0 Å². The van der Waals surface area contributed by atoms with Crippen molar-refractivity contribution in [3.63, 3.8) is 0 Å². The summed E-state index contributed by atoms with van der Waals surface area (Å²) in [6.45, 7) is 2.61. The molecule has 1 aliphatic rings. The molecule has 6 heteroatoms. The van der Waals surface area contributed by atoms with Crippen LogP contribution in [0, 0.1) is 5.82 Å². The number of halogens is 2. The fourth-order valence-corrected chi connectivity index (χ4v) is 3.83. The average Bonchev–Trinajstić information content (AvgIpc) is 2.97. The molecule has 0 bridgehead atoms. The number of hydrogen-bond donors (Lipinski definition) is 0. The quantitative estimate of drug-likeness (QED) is 0.596. The first-order chi connectivity index (χ1) is 13.1. The molecule has 1 aromatic heterocycles. The van der Waals surface area contributed by atoms with Gasteiger partial charge in [0.1, 0.15) is 12.4 Å². The first kappa shape index (κ1) is 20.4. The van der Waals surface area contributed by atoms with Gasteiger partial charge in [0.05, 0.1) is 6.42 Å². The van der Waals surface area contributed by atoms with E-state index in [0.717, 1.165) is 36.0 Å². The van der Waals surface area contributed by atoms with E-state index in [1.165, 1.54) is 17.3 Å². The molecule has 2 aromatic carbocycles. The molecule has 0 saturated carbocycles. The number of carbonyl (C=O) groups is 1. The van der Waals surface area contributed by atoms with E-state index < -0.39 is 0 Å². The van der Waals surface area contributed by atoms with Gasteiger partial charge in [-0.25, -0.2) is 4.39 Å². The molecule has 0 N–H and O–H groups in total. The number of nitrogens with zero attached hydrogens (tertiary/aromatic N) is 2. The Morgan fingerprint density at radius 3 is 2.75 bits per heavy atom. The standard InChI is InChI=1S/C22H23FN2O2.ClH/c1-24-11-9-21-19(14-24)18-13-17(23)7-8-20(18)25(21)12-10-22(26)27-15-16-5-3-2-4-6-16;/h2-8,13H,9-12,14-15H2,1H3;1H. The van der Waals surface area contributed by atoms with Gasteiger partial charge in [-0.3, -0.25) is 4.79 Å². The van der Waals surface area contributed by atoms with Crippen molar-refractivity contribution in [2.45, 2.75) is 32.5 Å². The van der Waals surface area contributed by atoms with Gasteiger partial charge in [-0.05, 0) is 36.4 Å². The summed E-state index contributed by atoms with van der Waals surface area (Å²) in [4.78, 5) is 14.5. The van der Waals surface area contributed by atoms with Crippen LogP contribution < -0.4 is 0 Å². The SMILES string of the molecule is CN1CCc2c(c3cc(F)ccc3n2CCC(=O)OCc2ccccc2)C1.Cl. The van der Waals surface area contributed by atoms with Crippen LogP contribution in [-0.4, -0.2) is 29.0 Å². The summed E-state index contributed by atoms with van der Waals surface area (Å²) >= 11 is 0. The van der Waals surface area contributed by atoms with E-state index in [4.69, 9.17) is 4.74 Å². The molecule has 4 nitrogen and oxygen atoms in total. The van der Waals surface area contributed by atoms with Crippen molar-refractivity contribution in [3.8, 4) is 0 Å². The number of carbonyl (C=O) groups excluding carboxylic acids is 1. The lowest BCUT2D eigenvalue weighted by Crippen LogP contribution is -2.27. The number of aromatic nitrogens is 1. The molecule has 1 aliphatic heterocycles. The summed E-state index contributed by atoms with van der Waals surface area (Å²) in [6, 6.07) is 14.6. The molecule has 3 aromatic rings. The van der Waals surface area contributed by atoms with Crippen LogP contribution in [0.4, 0.5) is 4.39 Å². The number of hydrogen-bond acceptors (Lipinski definition) is 3. The van der Waals surface area contributed by atoms with E-state index >= 15 is 0 Å². The highest BCUT2D eigenvalue weighted by molar-refractivity contribution is 5.86. The second-order valence-corrected chi connectivity index (χ2v) is 7.12. The van der Waals surface area contributed by atoms with Gasteiger partial charge in [0.25, 0.3) is 0 Å². The van der Waals surface area contributed by atoms with E-state index in [1.807, 2.05) is 36.4 Å². The van der Waals surface area contributed by atoms with Crippen molar-refractivity contribution in [2.75, 3.05) is 13.6 Å². The predicted molar refractivity (Wildman–Crippen MR) is 110 cm³/mol. The molecule has 4 rings (SSSR count). The maximum absolute atomic E-state index is 13.8. The lowest BCUT2D eigenvalue weighted by molar-refractivity contribution is -0.145. The van der Waals surface area contributed by atoms with Gasteiger partial charge in [0.15, 0.2) is 0 Å². The maximum Gasteiger partial charge on any atom is 0.307 e. The van der Waals surface area contributed by atoms with Gasteiger partial charge >= 0.3 is 5.97 Å². The molecule has 0 unspecified atom stereocenters. The summed E-state index contributed by atoms with van der Waals surface area (Å²) in [7, 11) is 2.08. The molecule has 148 valence electrons. The van der Waals surface area contributed by atoms with Crippen LogP contribution >= 0.6 is 12.4 Å². The zero-order valence-electron chi connectivity index (χ0n) is 15.9. The summed E-state index contributed by atoms with van der Waals surface area (Å²) in [6.07, 6.45) is 1.21. The largest absolute Gasteiger partial charge is 0.461 e. The first-order valence-corrected chi connectivity index (χ1v) is 9.29. The molecular formula is C22H24ClFN2O2. The Bertz CT molecular complexity index is 972. The van der Waals surface area contributed by atoms with Gasteiger partial charge in [-0.15, -0.1) is 12.4 Å². The molecule has 28 heavy (non-hydrogen) atoms. The molecule has 0 saturated heterocycles. The van der Waals surface area contributed by atoms with Crippen molar-refractivity contribution < 1.29 is 13.9 Å². The van der Waals surface area contributed by atoms with Crippen LogP contribution in [0.3, 0.4) is 0 Å². The van der Waals surface area contributed by atoms with Crippen molar-refractivity contribution in [1.82, 2.24) is 9.47 Å². The van der Waals surface area contributed by atoms with Gasteiger partial charge in [-0.2, -0.15) is 0 Å². The number of fused-ring (bicyclic) bond motifs is 3. The third kappa shape index (κ3) is 4.21. The Morgan fingerprint density at radius 1 is 1.18 bits per heavy atom. The van der Waals surface area contributed by atoms with Gasteiger partial charge < -0.3 is 14.2 Å². The van der Waals surface area contributed by atoms with E-state index in [0.29, 0.717) is 19.6 Å². The Kier molecular flexibility index (Phi) is 6.37. The molecule has 2 heterocycles. The second kappa shape index (κ2) is 8.76. The fourth-order valence-electron chi connectivity index (χ4n) is 3.83. The van der Waals surface area contributed by atoms with Crippen LogP contribution in [0.15, 0.2) is 48.5 Å². The van der Waals surface area contributed by atoms with Gasteiger partial charge in [-0.1, -0.05) is 30.3 Å². The fraction of sp³-hybridized carbons (Fsp3) is 0.318. The van der Waals surface area contributed by atoms with E-state index in [-0.39, 0.29) is 24.2 Å². The number of aryl methyl sites for hydroxylation is 1. The van der Waals surface area contributed by atoms with E-state index in [2.05, 4.69) is 16.5 Å². The number of esters is 1. The minimum atomic E-state index is -0.224. The normalized spacial score (nSPS) is 13.8. The average molecular weight is 403 g/mol. The van der Waals surface area contributed by atoms with E-state index in [9.17, 15) is 9.18 Å². The van der Waals surface area contributed by atoms with Crippen LogP contribution in [-0.2, 0) is 35.6 Å². The Balaban J connectivity index is 0.00000225. The molecular weight excluding hydrogens is 379 g/mol. The first-order valence-electron chi connectivity index (χ1n) is 9.29. The molecule has 0 aliphatic carbocycles. The van der Waals surface area contributed by atoms with Crippen LogP contribution in [0.25, 0.3) is 10.9 Å². The number of rotatable bonds is 5. The monoisotopic (exact) mass is 402 g/mol. The van der Waals surface area contributed by atoms with Crippen molar-refractivity contribution in [3.05, 3.63) is 71.2 Å². The lowest BCUT2D eigenvalue weighted by Gasteiger charge is -2.24. The third-order valence-electron chi connectivity index (χ3n) is 5.19. The Hall–Kier alpha value is -2.37. The van der Waals surface area contributed by atoms with Crippen LogP contribution in [0.2, 0.25) is 0 Å². The minimum Gasteiger partial charge on any atom is -0.461 e. The zero-order valence-corrected chi connectivity index (χ0v) is 16.7. The van der Waals surface area contributed by atoms with Crippen LogP contribution in [0.1, 0.15) is 23.2 Å². The molecule has 0 radical (unpaired) electrons. The summed E-state index contributed by atoms with van der Waals surface area (Å²) in [5.74, 6) is -0.442. The second-order valence-electron chi connectivity index (χ2n) is 7.12. The molecule has 0 spiro atoms. The minimum absolute atomic E-state index is 0. The highest BCUT2D eigenvalue weighted by Crippen LogP contribution is 2.31. The summed E-state index contributed by atoms with van der Waals surface area (Å²) in [5, 5.41) is 0.953. The number of likely N-dealkylation sites (N-methyl/N-ethyl adjacent to an activating group) is 1. The molecule has 0 fully saturated rings.